The zero-order chi connectivity index (χ0) is 17.1. The highest BCUT2D eigenvalue weighted by molar-refractivity contribution is 6.45. The molecular weight excluding hydrogens is 308 g/mol. The van der Waals surface area contributed by atoms with E-state index in [1.807, 2.05) is 0 Å². The maximum absolute atomic E-state index is 12.5. The Labute approximate surface area is 140 Å². The van der Waals surface area contributed by atoms with Crippen LogP contribution in [0.1, 0.15) is 25.7 Å². The molecule has 0 radical (unpaired) electrons. The van der Waals surface area contributed by atoms with Crippen LogP contribution in [0.4, 0.5) is 11.4 Å². The number of allylic oxidation sites excluding steroid dienone is 1. The van der Waals surface area contributed by atoms with Crippen LogP contribution >= 0.6 is 0 Å². The number of rotatable bonds is 3. The summed E-state index contributed by atoms with van der Waals surface area (Å²) in [6.45, 7) is 0. The Morgan fingerprint density at radius 3 is 2.79 bits per heavy atom. The molecule has 0 aromatic carbocycles. The van der Waals surface area contributed by atoms with Crippen LogP contribution < -0.4 is 22.1 Å². The number of aliphatic imine (C=N–C) groups is 1. The molecule has 1 unspecified atom stereocenters. The van der Waals surface area contributed by atoms with E-state index in [-0.39, 0.29) is 17.7 Å². The number of carbonyl (C=O) groups excluding carboxylic acids is 1. The van der Waals surface area contributed by atoms with E-state index in [0.29, 0.717) is 11.4 Å². The zero-order valence-electron chi connectivity index (χ0n) is 13.3. The van der Waals surface area contributed by atoms with Crippen LogP contribution in [0.25, 0.3) is 0 Å². The molecule has 1 aromatic heterocycles. The highest BCUT2D eigenvalue weighted by atomic mass is 16.3. The maximum Gasteiger partial charge on any atom is 0.273 e. The first-order valence-electron chi connectivity index (χ1n) is 8.03. The van der Waals surface area contributed by atoms with Gasteiger partial charge < -0.3 is 27.2 Å². The lowest BCUT2D eigenvalue weighted by Gasteiger charge is -2.29. The summed E-state index contributed by atoms with van der Waals surface area (Å²) in [5, 5.41) is 15.3. The Hall–Kier alpha value is -2.45. The molecule has 1 atom stereocenters. The highest BCUT2D eigenvalue weighted by Crippen LogP contribution is 2.31. The Balaban J connectivity index is 1.74. The molecule has 1 aliphatic heterocycles. The van der Waals surface area contributed by atoms with Crippen LogP contribution in [0.3, 0.4) is 0 Å². The molecule has 0 spiro atoms. The van der Waals surface area contributed by atoms with Crippen molar-refractivity contribution in [1.29, 1.82) is 0 Å². The Bertz CT molecular complexity index is 679. The standard InChI is InChI=1S/C16H22N6O2/c17-11-5-6-19-7-13(11)22-16(24)14-15(18)20-8-12(21-14)9-1-3-10(23)4-2-9/h5-10,15,20,23H,1-4,18H2,(H2,17,19)(H,22,24). The fourth-order valence-electron chi connectivity index (χ4n) is 2.96. The Morgan fingerprint density at radius 2 is 2.08 bits per heavy atom. The number of pyridine rings is 1. The lowest BCUT2D eigenvalue weighted by atomic mass is 9.85. The molecule has 2 aliphatic rings. The van der Waals surface area contributed by atoms with Gasteiger partial charge in [-0.3, -0.25) is 9.78 Å². The van der Waals surface area contributed by atoms with Crippen LogP contribution in [0, 0.1) is 5.92 Å². The van der Waals surface area contributed by atoms with Crippen molar-refractivity contribution in [2.75, 3.05) is 11.1 Å². The summed E-state index contributed by atoms with van der Waals surface area (Å²) in [6, 6.07) is 1.61. The minimum absolute atomic E-state index is 0.210. The SMILES string of the molecule is Nc1ccncc1NC(=O)C1=NC(C2CCC(O)CC2)=CNC1N. The summed E-state index contributed by atoms with van der Waals surface area (Å²) in [4.78, 5) is 20.9. The normalized spacial score (nSPS) is 26.8. The van der Waals surface area contributed by atoms with E-state index in [4.69, 9.17) is 11.5 Å². The fraction of sp³-hybridized carbons (Fsp3) is 0.438. The lowest BCUT2D eigenvalue weighted by molar-refractivity contribution is -0.110. The van der Waals surface area contributed by atoms with Crippen molar-refractivity contribution in [3.05, 3.63) is 30.4 Å². The van der Waals surface area contributed by atoms with E-state index in [9.17, 15) is 9.90 Å². The first-order valence-corrected chi connectivity index (χ1v) is 8.03. The molecule has 1 aliphatic carbocycles. The minimum Gasteiger partial charge on any atom is -0.397 e. The third-order valence-electron chi connectivity index (χ3n) is 4.41. The lowest BCUT2D eigenvalue weighted by Crippen LogP contribution is -2.49. The predicted octanol–water partition coefficient (Wildman–Crippen LogP) is 0.324. The largest absolute Gasteiger partial charge is 0.397 e. The third kappa shape index (κ3) is 3.55. The topological polar surface area (TPSA) is 139 Å². The van der Waals surface area contributed by atoms with Crippen molar-refractivity contribution in [1.82, 2.24) is 10.3 Å². The predicted molar refractivity (Wildman–Crippen MR) is 91.9 cm³/mol. The van der Waals surface area contributed by atoms with Gasteiger partial charge in [-0.2, -0.15) is 0 Å². The second kappa shape index (κ2) is 6.98. The van der Waals surface area contributed by atoms with Crippen molar-refractivity contribution in [3.63, 3.8) is 0 Å². The van der Waals surface area contributed by atoms with Crippen LogP contribution in [0.5, 0.6) is 0 Å². The van der Waals surface area contributed by atoms with Crippen LogP contribution in [-0.4, -0.2) is 34.0 Å². The van der Waals surface area contributed by atoms with Gasteiger partial charge in [0.25, 0.3) is 5.91 Å². The average molecular weight is 330 g/mol. The summed E-state index contributed by atoms with van der Waals surface area (Å²) in [5.41, 5.74) is 13.6. The van der Waals surface area contributed by atoms with Gasteiger partial charge in [-0.25, -0.2) is 4.99 Å². The average Bonchev–Trinajstić information content (AvgIpc) is 2.58. The molecule has 128 valence electrons. The van der Waals surface area contributed by atoms with E-state index in [0.717, 1.165) is 31.4 Å². The number of carbonyl (C=O) groups is 1. The molecule has 1 aromatic rings. The van der Waals surface area contributed by atoms with Gasteiger partial charge in [0.15, 0.2) is 0 Å². The molecule has 7 N–H and O–H groups in total. The number of anilines is 2. The van der Waals surface area contributed by atoms with Gasteiger partial charge in [-0.15, -0.1) is 0 Å². The van der Waals surface area contributed by atoms with E-state index < -0.39 is 12.1 Å². The van der Waals surface area contributed by atoms with E-state index >= 15 is 0 Å². The second-order valence-corrected chi connectivity index (χ2v) is 6.13. The van der Waals surface area contributed by atoms with Crippen molar-refractivity contribution in [2.24, 2.45) is 16.6 Å². The molecule has 8 heteroatoms. The van der Waals surface area contributed by atoms with E-state index in [1.54, 1.807) is 18.5 Å². The van der Waals surface area contributed by atoms with E-state index in [1.165, 1.54) is 6.20 Å². The number of aromatic nitrogens is 1. The summed E-state index contributed by atoms with van der Waals surface area (Å²) in [6.07, 6.45) is 7.07. The van der Waals surface area contributed by atoms with Crippen LogP contribution in [-0.2, 0) is 4.79 Å². The molecule has 3 rings (SSSR count). The fourth-order valence-corrected chi connectivity index (χ4v) is 2.96. The minimum atomic E-state index is -0.680. The number of nitrogens with one attached hydrogen (secondary N) is 2. The molecule has 0 bridgehead atoms. The number of nitrogen functional groups attached to an aromatic ring is 1. The Kier molecular flexibility index (Phi) is 4.77. The molecule has 1 saturated carbocycles. The number of nitrogens with two attached hydrogens (primary N) is 2. The van der Waals surface area contributed by atoms with Gasteiger partial charge in [0.2, 0.25) is 0 Å². The Morgan fingerprint density at radius 1 is 1.33 bits per heavy atom. The number of aliphatic hydroxyl groups is 1. The van der Waals surface area contributed by atoms with Crippen LogP contribution in [0.15, 0.2) is 35.3 Å². The van der Waals surface area contributed by atoms with Gasteiger partial charge in [0, 0.05) is 18.3 Å². The summed E-state index contributed by atoms with van der Waals surface area (Å²) in [7, 11) is 0. The van der Waals surface area contributed by atoms with Crippen molar-refractivity contribution in [3.8, 4) is 0 Å². The molecule has 1 amide bonds. The number of aliphatic hydroxyl groups excluding tert-OH is 1. The van der Waals surface area contributed by atoms with E-state index in [2.05, 4.69) is 20.6 Å². The second-order valence-electron chi connectivity index (χ2n) is 6.13. The van der Waals surface area contributed by atoms with Gasteiger partial charge >= 0.3 is 0 Å². The van der Waals surface area contributed by atoms with Crippen molar-refractivity contribution >= 4 is 23.0 Å². The number of hydrogen-bond donors (Lipinski definition) is 5. The summed E-state index contributed by atoms with van der Waals surface area (Å²) >= 11 is 0. The summed E-state index contributed by atoms with van der Waals surface area (Å²) < 4.78 is 0. The van der Waals surface area contributed by atoms with Gasteiger partial charge in [-0.05, 0) is 31.7 Å². The zero-order valence-corrected chi connectivity index (χ0v) is 13.3. The van der Waals surface area contributed by atoms with Gasteiger partial charge in [-0.1, -0.05) is 0 Å². The molecule has 24 heavy (non-hydrogen) atoms. The summed E-state index contributed by atoms with van der Waals surface area (Å²) in [5.74, 6) is -0.184. The van der Waals surface area contributed by atoms with Gasteiger partial charge in [0.05, 0.1) is 29.4 Å². The quantitative estimate of drug-likeness (QED) is 0.541. The number of hydrogen-bond acceptors (Lipinski definition) is 7. The molecule has 1 fully saturated rings. The third-order valence-corrected chi connectivity index (χ3v) is 4.41. The molecule has 8 nitrogen and oxygen atoms in total. The maximum atomic E-state index is 12.5. The molecule has 0 saturated heterocycles. The molecular formula is C16H22N6O2. The van der Waals surface area contributed by atoms with Gasteiger partial charge in [0.1, 0.15) is 11.9 Å². The first-order chi connectivity index (χ1) is 11.5. The molecule has 2 heterocycles. The first kappa shape index (κ1) is 16.4. The van der Waals surface area contributed by atoms with Crippen molar-refractivity contribution < 1.29 is 9.90 Å². The highest BCUT2D eigenvalue weighted by Gasteiger charge is 2.28. The monoisotopic (exact) mass is 330 g/mol. The smallest absolute Gasteiger partial charge is 0.273 e. The number of amides is 1. The van der Waals surface area contributed by atoms with Crippen LogP contribution in [0.2, 0.25) is 0 Å². The number of nitrogens with zero attached hydrogens (tertiary/aromatic N) is 2. The van der Waals surface area contributed by atoms with Crippen molar-refractivity contribution in [2.45, 2.75) is 38.0 Å².